The Balaban J connectivity index is 2.31. The molecule has 4 heteroatoms. The van der Waals surface area contributed by atoms with Crippen molar-refractivity contribution < 1.29 is 4.74 Å². The van der Waals surface area contributed by atoms with Crippen LogP contribution < -0.4 is 10.5 Å². The number of ether oxygens (including phenoxy) is 1. The number of nitrogen functional groups attached to an aromatic ring is 1. The fraction of sp³-hybridized carbons (Fsp3) is 0.154. The van der Waals surface area contributed by atoms with Gasteiger partial charge in [0.25, 0.3) is 0 Å². The number of rotatable bonds is 2. The van der Waals surface area contributed by atoms with Crippen LogP contribution in [0.1, 0.15) is 11.3 Å². The van der Waals surface area contributed by atoms with Crippen molar-refractivity contribution in [2.45, 2.75) is 13.8 Å². The third-order valence-corrected chi connectivity index (χ3v) is 3.37. The number of nitrogens with zero attached hydrogens (tertiary/aromatic N) is 1. The average molecular weight is 293 g/mol. The zero-order chi connectivity index (χ0) is 12.4. The standard InChI is InChI=1S/C13H13BrN2O/c1-8-11(15)4-3-5-12(8)17-13-7-6-10(14)9(2)16-13/h3-7H,15H2,1-2H3. The lowest BCUT2D eigenvalue weighted by Gasteiger charge is -2.10. The van der Waals surface area contributed by atoms with E-state index < -0.39 is 0 Å². The van der Waals surface area contributed by atoms with Crippen molar-refractivity contribution in [3.8, 4) is 11.6 Å². The summed E-state index contributed by atoms with van der Waals surface area (Å²) >= 11 is 3.40. The summed E-state index contributed by atoms with van der Waals surface area (Å²) < 4.78 is 6.68. The first-order valence-electron chi connectivity index (χ1n) is 5.24. The summed E-state index contributed by atoms with van der Waals surface area (Å²) in [6, 6.07) is 9.33. The van der Waals surface area contributed by atoms with Crippen molar-refractivity contribution in [3.05, 3.63) is 46.1 Å². The minimum absolute atomic E-state index is 0.569. The molecule has 0 bridgehead atoms. The van der Waals surface area contributed by atoms with E-state index in [0.29, 0.717) is 5.88 Å². The molecule has 0 spiro atoms. The quantitative estimate of drug-likeness (QED) is 0.856. The van der Waals surface area contributed by atoms with E-state index in [1.54, 1.807) is 0 Å². The third-order valence-electron chi connectivity index (χ3n) is 2.54. The molecular formula is C13H13BrN2O. The second-order valence-electron chi connectivity index (χ2n) is 3.79. The fourth-order valence-corrected chi connectivity index (χ4v) is 1.65. The van der Waals surface area contributed by atoms with Gasteiger partial charge in [0.15, 0.2) is 0 Å². The molecule has 1 aromatic heterocycles. The molecule has 1 aromatic carbocycles. The van der Waals surface area contributed by atoms with Crippen molar-refractivity contribution in [1.82, 2.24) is 4.98 Å². The molecule has 0 saturated carbocycles. The van der Waals surface area contributed by atoms with Crippen molar-refractivity contribution in [2.24, 2.45) is 0 Å². The number of nitrogens with two attached hydrogens (primary N) is 1. The molecule has 0 fully saturated rings. The lowest BCUT2D eigenvalue weighted by atomic mass is 10.2. The van der Waals surface area contributed by atoms with Gasteiger partial charge in [-0.25, -0.2) is 4.98 Å². The SMILES string of the molecule is Cc1nc(Oc2cccc(N)c2C)ccc1Br. The van der Waals surface area contributed by atoms with Gasteiger partial charge in [0.1, 0.15) is 5.75 Å². The monoisotopic (exact) mass is 292 g/mol. The maximum Gasteiger partial charge on any atom is 0.219 e. The summed E-state index contributed by atoms with van der Waals surface area (Å²) in [6.45, 7) is 3.85. The predicted octanol–water partition coefficient (Wildman–Crippen LogP) is 3.84. The Morgan fingerprint density at radius 1 is 1.18 bits per heavy atom. The van der Waals surface area contributed by atoms with Gasteiger partial charge < -0.3 is 10.5 Å². The molecule has 88 valence electrons. The molecule has 17 heavy (non-hydrogen) atoms. The van der Waals surface area contributed by atoms with Gasteiger partial charge in [0.05, 0.1) is 5.69 Å². The lowest BCUT2D eigenvalue weighted by Crippen LogP contribution is -1.95. The largest absolute Gasteiger partial charge is 0.439 e. The number of aryl methyl sites for hydroxylation is 1. The Labute approximate surface area is 109 Å². The first-order chi connectivity index (χ1) is 8.08. The summed E-state index contributed by atoms with van der Waals surface area (Å²) in [5.74, 6) is 1.30. The molecule has 2 N–H and O–H groups in total. The average Bonchev–Trinajstić information content (AvgIpc) is 2.30. The number of aromatic nitrogens is 1. The van der Waals surface area contributed by atoms with Gasteiger partial charge >= 0.3 is 0 Å². The molecular weight excluding hydrogens is 280 g/mol. The number of anilines is 1. The van der Waals surface area contributed by atoms with Crippen LogP contribution >= 0.6 is 15.9 Å². The molecule has 1 heterocycles. The Kier molecular flexibility index (Phi) is 3.33. The Morgan fingerprint density at radius 3 is 2.65 bits per heavy atom. The highest BCUT2D eigenvalue weighted by molar-refractivity contribution is 9.10. The van der Waals surface area contributed by atoms with Crippen molar-refractivity contribution >= 4 is 21.6 Å². The Bertz CT molecular complexity index is 555. The Morgan fingerprint density at radius 2 is 1.94 bits per heavy atom. The van der Waals surface area contributed by atoms with Crippen LogP contribution in [0, 0.1) is 13.8 Å². The lowest BCUT2D eigenvalue weighted by molar-refractivity contribution is 0.458. The molecule has 0 amide bonds. The highest BCUT2D eigenvalue weighted by atomic mass is 79.9. The number of hydrogen-bond donors (Lipinski definition) is 1. The number of pyridine rings is 1. The van der Waals surface area contributed by atoms with Gasteiger partial charge in [-0.3, -0.25) is 0 Å². The van der Waals surface area contributed by atoms with Gasteiger partial charge in [-0.05, 0) is 48.0 Å². The van der Waals surface area contributed by atoms with E-state index in [9.17, 15) is 0 Å². The maximum atomic E-state index is 5.82. The minimum atomic E-state index is 0.569. The summed E-state index contributed by atoms with van der Waals surface area (Å²) in [4.78, 5) is 4.33. The zero-order valence-electron chi connectivity index (χ0n) is 9.70. The van der Waals surface area contributed by atoms with E-state index >= 15 is 0 Å². The van der Waals surface area contributed by atoms with Crippen LogP contribution in [0.25, 0.3) is 0 Å². The first-order valence-corrected chi connectivity index (χ1v) is 6.03. The van der Waals surface area contributed by atoms with Crippen LogP contribution in [0.15, 0.2) is 34.8 Å². The molecule has 3 nitrogen and oxygen atoms in total. The van der Waals surface area contributed by atoms with Crippen LogP contribution in [0.3, 0.4) is 0 Å². The molecule has 0 aliphatic rings. The molecule has 0 saturated heterocycles. The molecule has 0 aliphatic carbocycles. The van der Waals surface area contributed by atoms with Gasteiger partial charge in [0.2, 0.25) is 5.88 Å². The molecule has 0 radical (unpaired) electrons. The van der Waals surface area contributed by atoms with E-state index in [-0.39, 0.29) is 0 Å². The summed E-state index contributed by atoms with van der Waals surface area (Å²) in [5, 5.41) is 0. The van der Waals surface area contributed by atoms with Crippen molar-refractivity contribution in [1.29, 1.82) is 0 Å². The van der Waals surface area contributed by atoms with Crippen molar-refractivity contribution in [2.75, 3.05) is 5.73 Å². The van der Waals surface area contributed by atoms with Crippen LogP contribution in [0.5, 0.6) is 11.6 Å². The predicted molar refractivity (Wildman–Crippen MR) is 72.3 cm³/mol. The summed E-state index contributed by atoms with van der Waals surface area (Å²) in [7, 11) is 0. The van der Waals surface area contributed by atoms with Crippen LogP contribution in [0.4, 0.5) is 5.69 Å². The topological polar surface area (TPSA) is 48.1 Å². The number of benzene rings is 1. The van der Waals surface area contributed by atoms with Gasteiger partial charge in [-0.2, -0.15) is 0 Å². The number of hydrogen-bond acceptors (Lipinski definition) is 3. The van der Waals surface area contributed by atoms with Crippen LogP contribution in [0.2, 0.25) is 0 Å². The molecule has 0 atom stereocenters. The fourth-order valence-electron chi connectivity index (χ4n) is 1.43. The van der Waals surface area contributed by atoms with Crippen LogP contribution in [-0.4, -0.2) is 4.98 Å². The highest BCUT2D eigenvalue weighted by Gasteiger charge is 2.05. The van der Waals surface area contributed by atoms with E-state index in [4.69, 9.17) is 10.5 Å². The number of halogens is 1. The smallest absolute Gasteiger partial charge is 0.219 e. The second kappa shape index (κ2) is 4.75. The second-order valence-corrected chi connectivity index (χ2v) is 4.64. The Hall–Kier alpha value is -1.55. The summed E-state index contributed by atoms with van der Waals surface area (Å²) in [5.41, 5.74) is 8.36. The normalized spacial score (nSPS) is 10.3. The summed E-state index contributed by atoms with van der Waals surface area (Å²) in [6.07, 6.45) is 0. The van der Waals surface area contributed by atoms with Gasteiger partial charge in [0, 0.05) is 21.8 Å². The highest BCUT2D eigenvalue weighted by Crippen LogP contribution is 2.28. The van der Waals surface area contributed by atoms with Crippen LogP contribution in [-0.2, 0) is 0 Å². The molecule has 0 unspecified atom stereocenters. The first kappa shape index (κ1) is 11.9. The van der Waals surface area contributed by atoms with Gasteiger partial charge in [-0.1, -0.05) is 6.07 Å². The van der Waals surface area contributed by atoms with E-state index in [2.05, 4.69) is 20.9 Å². The zero-order valence-corrected chi connectivity index (χ0v) is 11.3. The van der Waals surface area contributed by atoms with E-state index in [0.717, 1.165) is 27.2 Å². The molecule has 0 aliphatic heterocycles. The van der Waals surface area contributed by atoms with Gasteiger partial charge in [-0.15, -0.1) is 0 Å². The molecule has 2 aromatic rings. The van der Waals surface area contributed by atoms with Crippen molar-refractivity contribution in [3.63, 3.8) is 0 Å². The van der Waals surface area contributed by atoms with E-state index in [1.807, 2.05) is 44.2 Å². The minimum Gasteiger partial charge on any atom is -0.439 e. The van der Waals surface area contributed by atoms with E-state index in [1.165, 1.54) is 0 Å². The third kappa shape index (κ3) is 2.58. The maximum absolute atomic E-state index is 5.82. The molecule has 2 rings (SSSR count).